The Hall–Kier alpha value is 1.25. The van der Waals surface area contributed by atoms with E-state index in [9.17, 15) is 0 Å². The van der Waals surface area contributed by atoms with E-state index in [4.69, 9.17) is 9.31 Å². The minimum atomic E-state index is 0.0303. The van der Waals surface area contributed by atoms with Crippen molar-refractivity contribution in [1.29, 1.82) is 0 Å². The summed E-state index contributed by atoms with van der Waals surface area (Å²) in [5, 5.41) is 0. The molecule has 1 unspecified atom stereocenters. The summed E-state index contributed by atoms with van der Waals surface area (Å²) in [5.74, 6) is 0. The molecule has 11 heavy (non-hydrogen) atoms. The SMILES string of the molecule is CC1CC(C)(C)OB([I]=[AlH])O1. The van der Waals surface area contributed by atoms with Crippen molar-refractivity contribution in [2.75, 3.05) is 0 Å². The Morgan fingerprint density at radius 3 is 2.73 bits per heavy atom. The number of hydrogen-bond acceptors (Lipinski definition) is 2. The number of hydrogen-bond donors (Lipinski definition) is 0. The second kappa shape index (κ2) is 3.97. The van der Waals surface area contributed by atoms with Crippen LogP contribution in [-0.2, 0) is 9.31 Å². The summed E-state index contributed by atoms with van der Waals surface area (Å²) in [5.41, 5.74) is 0.0303. The Balaban J connectivity index is 2.57. The minimum absolute atomic E-state index is 0.0303. The maximum absolute atomic E-state index is 5.73. The van der Waals surface area contributed by atoms with Crippen LogP contribution in [0, 0.1) is 0 Å². The van der Waals surface area contributed by atoms with E-state index >= 15 is 0 Å². The van der Waals surface area contributed by atoms with Gasteiger partial charge in [0.25, 0.3) is 0 Å². The van der Waals surface area contributed by atoms with Crippen LogP contribution in [0.15, 0.2) is 0 Å². The van der Waals surface area contributed by atoms with Crippen molar-refractivity contribution in [3.05, 3.63) is 0 Å². The van der Waals surface area contributed by atoms with Crippen molar-refractivity contribution < 1.29 is 9.31 Å². The molecule has 1 atom stereocenters. The van der Waals surface area contributed by atoms with E-state index in [1.807, 2.05) is 12.4 Å². The summed E-state index contributed by atoms with van der Waals surface area (Å²) in [7, 11) is 0. The van der Waals surface area contributed by atoms with Crippen molar-refractivity contribution in [2.24, 2.45) is 0 Å². The zero-order valence-electron chi connectivity index (χ0n) is 7.26. The van der Waals surface area contributed by atoms with Crippen molar-refractivity contribution in [2.45, 2.75) is 38.9 Å². The monoisotopic (exact) mass is 282 g/mol. The first kappa shape index (κ1) is 10.3. The Morgan fingerprint density at radius 1 is 1.64 bits per heavy atom. The van der Waals surface area contributed by atoms with Gasteiger partial charge in [-0.05, 0) is 0 Å². The molecule has 1 rings (SSSR count). The molecular weight excluding hydrogens is 269 g/mol. The third kappa shape index (κ3) is 3.23. The summed E-state index contributed by atoms with van der Waals surface area (Å²) in [4.78, 5) is 0.130. The average Bonchev–Trinajstić information content (AvgIpc) is 1.83. The van der Waals surface area contributed by atoms with Gasteiger partial charge >= 0.3 is 83.7 Å². The van der Waals surface area contributed by atoms with Gasteiger partial charge in [-0.15, -0.1) is 0 Å². The van der Waals surface area contributed by atoms with E-state index in [1.165, 1.54) is 0 Å². The maximum atomic E-state index is 5.73. The molecule has 1 heterocycles. The normalized spacial score (nSPS) is 30.4. The van der Waals surface area contributed by atoms with Gasteiger partial charge in [-0.25, -0.2) is 0 Å². The second-order valence-electron chi connectivity index (χ2n) is 3.46. The van der Waals surface area contributed by atoms with Crippen LogP contribution in [0.4, 0.5) is 0 Å². The van der Waals surface area contributed by atoms with Gasteiger partial charge < -0.3 is 0 Å². The summed E-state index contributed by atoms with van der Waals surface area (Å²) >= 11 is 2.09. The molecule has 1 aliphatic rings. The molecule has 0 N–H and O–H groups in total. The molecule has 0 bridgehead atoms. The van der Waals surface area contributed by atoms with Gasteiger partial charge in [-0.2, -0.15) is 0 Å². The Labute approximate surface area is 83.3 Å². The van der Waals surface area contributed by atoms with Gasteiger partial charge in [0.2, 0.25) is 0 Å². The summed E-state index contributed by atoms with van der Waals surface area (Å²) < 4.78 is 11.3. The molecule has 62 valence electrons. The first-order chi connectivity index (χ1) is 5.03. The predicted molar refractivity (Wildman–Crippen MR) is 57.3 cm³/mol. The van der Waals surface area contributed by atoms with Gasteiger partial charge in [0.1, 0.15) is 0 Å². The van der Waals surface area contributed by atoms with E-state index in [1.54, 1.807) is 0 Å². The van der Waals surface area contributed by atoms with Crippen molar-refractivity contribution in [3.8, 4) is 0 Å². The molecule has 2 nitrogen and oxygen atoms in total. The van der Waals surface area contributed by atoms with Crippen LogP contribution >= 0.6 is 18.1 Å². The number of rotatable bonds is 1. The first-order valence-corrected chi connectivity index (χ1v) is 10.1. The van der Waals surface area contributed by atoms with Gasteiger partial charge in [0.15, 0.2) is 0 Å². The molecule has 0 radical (unpaired) electrons. The molecule has 0 aromatic carbocycles. The first-order valence-electron chi connectivity index (χ1n) is 3.74. The molecule has 0 amide bonds. The molecular formula is C6H13AlBIO2. The molecule has 0 spiro atoms. The summed E-state index contributed by atoms with van der Waals surface area (Å²) in [6.45, 7) is 6.41. The van der Waals surface area contributed by atoms with E-state index in [-0.39, 0.29) is 28.7 Å². The van der Waals surface area contributed by atoms with Gasteiger partial charge in [-0.1, -0.05) is 0 Å². The Morgan fingerprint density at radius 2 is 2.27 bits per heavy atom. The average molecular weight is 282 g/mol. The summed E-state index contributed by atoms with van der Waals surface area (Å²) in [6.07, 6.45) is 1.38. The van der Waals surface area contributed by atoms with E-state index in [0.29, 0.717) is 6.10 Å². The predicted octanol–water partition coefficient (Wildman–Crippen LogP) is 1.36. The fourth-order valence-electron chi connectivity index (χ4n) is 1.32. The second-order valence-corrected chi connectivity index (χ2v) is 7.43. The van der Waals surface area contributed by atoms with Crippen LogP contribution in [0.3, 0.4) is 0 Å². The molecule has 0 aliphatic carbocycles. The van der Waals surface area contributed by atoms with Crippen molar-refractivity contribution in [1.82, 2.24) is 0 Å². The van der Waals surface area contributed by atoms with Crippen LogP contribution in [0.2, 0.25) is 0 Å². The summed E-state index contributed by atoms with van der Waals surface area (Å²) in [6, 6.07) is 0. The van der Waals surface area contributed by atoms with Crippen LogP contribution < -0.4 is 0 Å². The standard InChI is InChI=1S/C6H12BIO2.Al.H/c1-5-4-6(2,3)10-7(8)9-5;;/h5H,4H2,1-3H3;;. The van der Waals surface area contributed by atoms with Crippen LogP contribution in [0.5, 0.6) is 0 Å². The van der Waals surface area contributed by atoms with Crippen LogP contribution in [-0.4, -0.2) is 29.1 Å². The zero-order valence-corrected chi connectivity index (χ0v) is 10.8. The van der Waals surface area contributed by atoms with E-state index in [0.717, 1.165) is 6.42 Å². The van der Waals surface area contributed by atoms with Crippen LogP contribution in [0.25, 0.3) is 0 Å². The molecule has 5 heteroatoms. The quantitative estimate of drug-likeness (QED) is 0.534. The molecule has 0 aromatic rings. The molecule has 0 saturated carbocycles. The fourth-order valence-corrected chi connectivity index (χ4v) is 3.81. The van der Waals surface area contributed by atoms with E-state index < -0.39 is 0 Å². The third-order valence-corrected chi connectivity index (χ3v) is 4.61. The Kier molecular flexibility index (Phi) is 3.73. The van der Waals surface area contributed by atoms with Crippen LogP contribution in [0.1, 0.15) is 27.2 Å². The molecule has 1 saturated heterocycles. The van der Waals surface area contributed by atoms with Gasteiger partial charge in [0.05, 0.1) is 0 Å². The van der Waals surface area contributed by atoms with Gasteiger partial charge in [0, 0.05) is 0 Å². The number of halogens is 1. The van der Waals surface area contributed by atoms with Crippen molar-refractivity contribution >= 4 is 35.5 Å². The molecule has 1 fully saturated rings. The fraction of sp³-hybridized carbons (Fsp3) is 1.00. The van der Waals surface area contributed by atoms with Gasteiger partial charge in [-0.3, -0.25) is 0 Å². The van der Waals surface area contributed by atoms with Crippen molar-refractivity contribution in [3.63, 3.8) is 0 Å². The molecule has 1 aliphatic heterocycles. The molecule has 0 aromatic heterocycles. The topological polar surface area (TPSA) is 18.5 Å². The Bertz CT molecular complexity index is 165. The third-order valence-electron chi connectivity index (χ3n) is 1.66. The van der Waals surface area contributed by atoms with E-state index in [2.05, 4.69) is 20.8 Å². The zero-order chi connectivity index (χ0) is 8.48.